The smallest absolute Gasteiger partial charge is 0.310 e. The van der Waals surface area contributed by atoms with E-state index in [0.29, 0.717) is 44.5 Å². The van der Waals surface area contributed by atoms with Gasteiger partial charge in [0.05, 0.1) is 12.0 Å². The number of amides is 1. The third-order valence-corrected chi connectivity index (χ3v) is 9.63. The van der Waals surface area contributed by atoms with Gasteiger partial charge in [-0.05, 0) is 58.7 Å². The van der Waals surface area contributed by atoms with Gasteiger partial charge in [0.15, 0.2) is 0 Å². The van der Waals surface area contributed by atoms with Crippen molar-refractivity contribution in [3.63, 3.8) is 0 Å². The van der Waals surface area contributed by atoms with Crippen molar-refractivity contribution in [1.82, 2.24) is 9.80 Å². The average molecular weight is 693 g/mol. The summed E-state index contributed by atoms with van der Waals surface area (Å²) >= 11 is 1.64. The molecule has 0 aliphatic carbocycles. The van der Waals surface area contributed by atoms with E-state index in [0.717, 1.165) is 31.6 Å². The Bertz CT molecular complexity index is 762. The summed E-state index contributed by atoms with van der Waals surface area (Å²) in [7, 11) is 4.06. The quantitative estimate of drug-likeness (QED) is 0.0282. The summed E-state index contributed by atoms with van der Waals surface area (Å²) in [6.07, 6.45) is 35.8. The number of Topliss-reactive ketones (excluding diaryl/α,β-unsaturated/α-hetero) is 1. The molecule has 0 radical (unpaired) electrons. The zero-order valence-electron chi connectivity index (χ0n) is 32.0. The highest BCUT2D eigenvalue weighted by Crippen LogP contribution is 2.13. The first kappa shape index (κ1) is 46.4. The maximum Gasteiger partial charge on any atom is 0.310 e. The molecule has 1 amide bonds. The van der Waals surface area contributed by atoms with Crippen LogP contribution in [-0.2, 0) is 19.1 Å². The first-order chi connectivity index (χ1) is 23.4. The molecule has 6 nitrogen and oxygen atoms in total. The summed E-state index contributed by atoms with van der Waals surface area (Å²) in [6, 6.07) is 0. The lowest BCUT2D eigenvalue weighted by atomic mass is 10.1. The Morgan fingerprint density at radius 2 is 1.08 bits per heavy atom. The number of esters is 1. The van der Waals surface area contributed by atoms with Crippen LogP contribution in [0.4, 0.5) is 0 Å². The molecule has 0 fully saturated rings. The molecule has 0 saturated carbocycles. The Morgan fingerprint density at radius 3 is 1.62 bits per heavy atom. The zero-order chi connectivity index (χ0) is 35.3. The Labute approximate surface area is 301 Å². The van der Waals surface area contributed by atoms with Crippen LogP contribution >= 0.6 is 11.8 Å². The fraction of sp³-hybridized carbons (Fsp3) is 0.829. The molecule has 0 aromatic heterocycles. The molecule has 0 rings (SSSR count). The highest BCUT2D eigenvalue weighted by molar-refractivity contribution is 7.99. The van der Waals surface area contributed by atoms with E-state index < -0.39 is 0 Å². The van der Waals surface area contributed by atoms with Gasteiger partial charge >= 0.3 is 5.97 Å². The summed E-state index contributed by atoms with van der Waals surface area (Å²) in [5.41, 5.74) is 0. The van der Waals surface area contributed by atoms with Crippen LogP contribution < -0.4 is 0 Å². The van der Waals surface area contributed by atoms with E-state index in [9.17, 15) is 14.4 Å². The van der Waals surface area contributed by atoms with E-state index in [1.807, 2.05) is 31.1 Å². The Hall–Kier alpha value is -1.60. The number of nitrogens with zero attached hydrogens (tertiary/aromatic N) is 2. The third kappa shape index (κ3) is 34.3. The van der Waals surface area contributed by atoms with Crippen molar-refractivity contribution in [3.05, 3.63) is 24.5 Å². The number of ether oxygens (including phenoxy) is 1. The van der Waals surface area contributed by atoms with Gasteiger partial charge in [0, 0.05) is 44.6 Å². The van der Waals surface area contributed by atoms with Crippen LogP contribution in [0.5, 0.6) is 0 Å². The fourth-order valence-corrected chi connectivity index (χ4v) is 6.57. The molecule has 0 saturated heterocycles. The highest BCUT2D eigenvalue weighted by atomic mass is 32.2. The molecule has 0 aromatic carbocycles. The topological polar surface area (TPSA) is 66.9 Å². The molecule has 48 heavy (non-hydrogen) atoms. The predicted octanol–water partition coefficient (Wildman–Crippen LogP) is 11.1. The second kappa shape index (κ2) is 36.7. The minimum atomic E-state index is -0.254. The van der Waals surface area contributed by atoms with E-state index >= 15 is 0 Å². The lowest BCUT2D eigenvalue weighted by Gasteiger charge is -2.22. The fourth-order valence-electron chi connectivity index (χ4n) is 5.57. The lowest BCUT2D eigenvalue weighted by molar-refractivity contribution is -0.138. The van der Waals surface area contributed by atoms with Crippen molar-refractivity contribution < 1.29 is 19.1 Å². The van der Waals surface area contributed by atoms with Crippen LogP contribution in [0.1, 0.15) is 174 Å². The Morgan fingerprint density at radius 1 is 0.583 bits per heavy atom. The van der Waals surface area contributed by atoms with Crippen molar-refractivity contribution in [2.45, 2.75) is 174 Å². The largest absolute Gasteiger partial charge is 0.435 e. The molecule has 7 heteroatoms. The number of hydrogen-bond donors (Lipinski definition) is 0. The van der Waals surface area contributed by atoms with Crippen LogP contribution in [-0.4, -0.2) is 72.7 Å². The summed E-state index contributed by atoms with van der Waals surface area (Å²) in [5, 5.41) is 0. The van der Waals surface area contributed by atoms with Crippen LogP contribution in [0.3, 0.4) is 0 Å². The van der Waals surface area contributed by atoms with E-state index in [1.165, 1.54) is 115 Å². The van der Waals surface area contributed by atoms with E-state index in [4.69, 9.17) is 4.74 Å². The average Bonchev–Trinajstić information content (AvgIpc) is 3.06. The standard InChI is InChI=1S/C41H76N2O4S/c1-5-7-9-11-13-15-17-18-20-22-24-26-30-39(44)31-28-33-43(40(45)38-48-37-35-42(3)4)34-29-32-41(46)47-36-27-25-23-21-19-16-14-12-10-8-6-2/h24,26-27,36H,5-23,25,28-35,37-38H2,1-4H3/b26-24-,36-27-. The highest BCUT2D eigenvalue weighted by Gasteiger charge is 2.15. The second-order valence-electron chi connectivity index (χ2n) is 13.8. The summed E-state index contributed by atoms with van der Waals surface area (Å²) < 4.78 is 5.29. The first-order valence-electron chi connectivity index (χ1n) is 19.9. The molecular formula is C41H76N2O4S. The molecule has 0 aliphatic rings. The van der Waals surface area contributed by atoms with Gasteiger partial charge in [0.25, 0.3) is 0 Å². The number of rotatable bonds is 36. The van der Waals surface area contributed by atoms with Crippen molar-refractivity contribution in [2.24, 2.45) is 0 Å². The molecule has 0 unspecified atom stereocenters. The first-order valence-corrected chi connectivity index (χ1v) is 21.1. The number of unbranched alkanes of at least 4 members (excludes halogenated alkanes) is 18. The molecule has 0 aliphatic heterocycles. The van der Waals surface area contributed by atoms with E-state index in [-0.39, 0.29) is 24.1 Å². The molecule has 0 spiro atoms. The Kier molecular flexibility index (Phi) is 35.5. The van der Waals surface area contributed by atoms with Crippen LogP contribution in [0.2, 0.25) is 0 Å². The number of hydrogen-bond acceptors (Lipinski definition) is 6. The van der Waals surface area contributed by atoms with Gasteiger partial charge in [0.1, 0.15) is 5.78 Å². The second-order valence-corrected chi connectivity index (χ2v) is 14.9. The molecule has 0 aromatic rings. The molecule has 0 N–H and O–H groups in total. The Balaban J connectivity index is 4.26. The van der Waals surface area contributed by atoms with Gasteiger partial charge in [-0.3, -0.25) is 14.4 Å². The number of carbonyl (C=O) groups is 3. The van der Waals surface area contributed by atoms with Crippen LogP contribution in [0.15, 0.2) is 24.5 Å². The SMILES string of the molecule is CCCCCCCCCCC/C=C\CC(=O)CCCN(CCCC(=O)O/C=C\CCCCCCCCCCC)C(=O)CSCCN(C)C. The van der Waals surface area contributed by atoms with Crippen molar-refractivity contribution in [2.75, 3.05) is 45.2 Å². The van der Waals surface area contributed by atoms with Crippen molar-refractivity contribution in [1.29, 1.82) is 0 Å². The molecular weight excluding hydrogens is 617 g/mol. The van der Waals surface area contributed by atoms with Crippen molar-refractivity contribution >= 4 is 29.4 Å². The van der Waals surface area contributed by atoms with Gasteiger partial charge in [-0.1, -0.05) is 129 Å². The maximum absolute atomic E-state index is 13.0. The van der Waals surface area contributed by atoms with Gasteiger partial charge in [-0.15, -0.1) is 0 Å². The molecule has 0 bridgehead atoms. The number of ketones is 1. The van der Waals surface area contributed by atoms with Gasteiger partial charge < -0.3 is 14.5 Å². The summed E-state index contributed by atoms with van der Waals surface area (Å²) in [6.45, 7) is 6.50. The van der Waals surface area contributed by atoms with E-state index in [1.54, 1.807) is 11.8 Å². The normalized spacial score (nSPS) is 11.7. The monoisotopic (exact) mass is 693 g/mol. The number of carbonyl (C=O) groups excluding carboxylic acids is 3. The molecule has 280 valence electrons. The zero-order valence-corrected chi connectivity index (χ0v) is 32.8. The number of allylic oxidation sites excluding steroid dienone is 3. The van der Waals surface area contributed by atoms with Crippen molar-refractivity contribution in [3.8, 4) is 0 Å². The van der Waals surface area contributed by atoms with Crippen LogP contribution in [0.25, 0.3) is 0 Å². The molecule has 0 atom stereocenters. The summed E-state index contributed by atoms with van der Waals surface area (Å²) in [5.74, 6) is 1.38. The predicted molar refractivity (Wildman–Crippen MR) is 209 cm³/mol. The summed E-state index contributed by atoms with van der Waals surface area (Å²) in [4.78, 5) is 41.7. The lowest BCUT2D eigenvalue weighted by Crippen LogP contribution is -2.35. The minimum absolute atomic E-state index is 0.0845. The number of thioether (sulfide) groups is 1. The van der Waals surface area contributed by atoms with Gasteiger partial charge in [-0.2, -0.15) is 11.8 Å². The van der Waals surface area contributed by atoms with Gasteiger partial charge in [0.2, 0.25) is 5.91 Å². The third-order valence-electron chi connectivity index (χ3n) is 8.71. The van der Waals surface area contributed by atoms with Gasteiger partial charge in [-0.25, -0.2) is 0 Å². The maximum atomic E-state index is 13.0. The minimum Gasteiger partial charge on any atom is -0.435 e. The van der Waals surface area contributed by atoms with Crippen LogP contribution in [0, 0.1) is 0 Å². The van der Waals surface area contributed by atoms with E-state index in [2.05, 4.69) is 24.8 Å². The molecule has 0 heterocycles.